The van der Waals surface area contributed by atoms with Crippen LogP contribution in [0.4, 0.5) is 4.79 Å². The van der Waals surface area contributed by atoms with Gasteiger partial charge in [0.15, 0.2) is 0 Å². The quantitative estimate of drug-likeness (QED) is 0.758. The van der Waals surface area contributed by atoms with Gasteiger partial charge in [-0.15, -0.1) is 0 Å². The van der Waals surface area contributed by atoms with E-state index in [9.17, 15) is 4.79 Å². The minimum absolute atomic E-state index is 0.319. The summed E-state index contributed by atoms with van der Waals surface area (Å²) in [6.45, 7) is 9.24. The third-order valence-electron chi connectivity index (χ3n) is 4.13. The van der Waals surface area contributed by atoms with E-state index in [1.54, 1.807) is 7.11 Å². The molecular weight excluding hydrogens is 280 g/mol. The van der Waals surface area contributed by atoms with Gasteiger partial charge in [-0.3, -0.25) is 0 Å². The van der Waals surface area contributed by atoms with Gasteiger partial charge >= 0.3 is 6.09 Å². The highest BCUT2D eigenvalue weighted by Crippen LogP contribution is 2.24. The zero-order chi connectivity index (χ0) is 16.6. The van der Waals surface area contributed by atoms with Crippen LogP contribution in [0.15, 0.2) is 0 Å². The summed E-state index contributed by atoms with van der Waals surface area (Å²) in [5.41, 5.74) is -0.444. The number of carbonyl (C=O) groups is 1. The lowest BCUT2D eigenvalue weighted by Gasteiger charge is -2.35. The summed E-state index contributed by atoms with van der Waals surface area (Å²) in [5, 5.41) is 6.64. The molecule has 130 valence electrons. The van der Waals surface area contributed by atoms with E-state index in [1.165, 1.54) is 19.3 Å². The fraction of sp³-hybridized carbons (Fsp3) is 0.941. The van der Waals surface area contributed by atoms with Gasteiger partial charge in [0.2, 0.25) is 0 Å². The summed E-state index contributed by atoms with van der Waals surface area (Å²) in [6.07, 6.45) is 5.54. The van der Waals surface area contributed by atoms with Gasteiger partial charge in [0.25, 0.3) is 0 Å². The Hall–Kier alpha value is -0.810. The van der Waals surface area contributed by atoms with Crippen molar-refractivity contribution in [3.8, 4) is 0 Å². The summed E-state index contributed by atoms with van der Waals surface area (Å²) in [7, 11) is 1.74. The summed E-state index contributed by atoms with van der Waals surface area (Å²) in [6, 6.07) is 0.834. The smallest absolute Gasteiger partial charge is 0.407 e. The molecular formula is C17H34N2O3. The normalized spacial score (nSPS) is 23.9. The number of amides is 1. The Kier molecular flexibility index (Phi) is 8.18. The van der Waals surface area contributed by atoms with Gasteiger partial charge in [-0.05, 0) is 46.0 Å². The highest BCUT2D eigenvalue weighted by molar-refractivity contribution is 5.67. The van der Waals surface area contributed by atoms with Gasteiger partial charge in [-0.25, -0.2) is 4.79 Å². The summed E-state index contributed by atoms with van der Waals surface area (Å²) >= 11 is 0. The van der Waals surface area contributed by atoms with Gasteiger partial charge in [0.05, 0.1) is 6.61 Å². The van der Waals surface area contributed by atoms with Crippen molar-refractivity contribution in [2.75, 3.05) is 20.3 Å². The van der Waals surface area contributed by atoms with Gasteiger partial charge in [-0.2, -0.15) is 0 Å². The van der Waals surface area contributed by atoms with Crippen LogP contribution >= 0.6 is 0 Å². The number of hydrogen-bond acceptors (Lipinski definition) is 4. The molecule has 2 N–H and O–H groups in total. The number of hydrogen-bond donors (Lipinski definition) is 2. The van der Waals surface area contributed by atoms with Crippen molar-refractivity contribution >= 4 is 6.09 Å². The number of rotatable bonds is 7. The number of carbonyl (C=O) groups excluding carboxylic acids is 1. The van der Waals surface area contributed by atoms with E-state index in [-0.39, 0.29) is 6.09 Å². The zero-order valence-corrected chi connectivity index (χ0v) is 14.9. The van der Waals surface area contributed by atoms with Crippen LogP contribution in [0.5, 0.6) is 0 Å². The van der Waals surface area contributed by atoms with E-state index in [1.807, 2.05) is 20.8 Å². The molecule has 1 saturated carbocycles. The van der Waals surface area contributed by atoms with Crippen molar-refractivity contribution in [2.45, 2.75) is 77.5 Å². The Morgan fingerprint density at radius 2 is 1.95 bits per heavy atom. The lowest BCUT2D eigenvalue weighted by molar-refractivity contribution is 0.0508. The van der Waals surface area contributed by atoms with Gasteiger partial charge in [-0.1, -0.05) is 19.8 Å². The van der Waals surface area contributed by atoms with Crippen molar-refractivity contribution in [2.24, 2.45) is 5.92 Å². The number of alkyl carbamates (subject to hydrolysis) is 1. The third-order valence-corrected chi connectivity index (χ3v) is 4.13. The molecule has 1 aliphatic rings. The number of ether oxygens (including phenoxy) is 2. The summed E-state index contributed by atoms with van der Waals surface area (Å²) in [5.74, 6) is 0.465. The standard InChI is InChI=1S/C17H34N2O3/c1-6-14(12-21-5)19-15-10-8-7-9-13(15)11-18-16(20)22-17(2,3)4/h13-15,19H,6-12H2,1-5H3,(H,18,20). The van der Waals surface area contributed by atoms with Crippen LogP contribution in [-0.2, 0) is 9.47 Å². The van der Waals surface area contributed by atoms with Gasteiger partial charge in [0, 0.05) is 25.7 Å². The summed E-state index contributed by atoms with van der Waals surface area (Å²) in [4.78, 5) is 11.8. The Morgan fingerprint density at radius 3 is 2.55 bits per heavy atom. The van der Waals surface area contributed by atoms with Crippen molar-refractivity contribution in [3.05, 3.63) is 0 Å². The predicted octanol–water partition coefficient (Wildman–Crippen LogP) is 3.08. The molecule has 0 aliphatic heterocycles. The molecule has 5 nitrogen and oxygen atoms in total. The van der Waals surface area contributed by atoms with Gasteiger partial charge < -0.3 is 20.1 Å². The maximum Gasteiger partial charge on any atom is 0.407 e. The molecule has 0 aromatic rings. The maximum absolute atomic E-state index is 11.8. The Labute approximate surface area is 135 Å². The molecule has 1 rings (SSSR count). The van der Waals surface area contributed by atoms with Crippen LogP contribution in [-0.4, -0.2) is 44.0 Å². The Balaban J connectivity index is 2.46. The third kappa shape index (κ3) is 7.45. The van der Waals surface area contributed by atoms with Crippen LogP contribution in [0.3, 0.4) is 0 Å². The zero-order valence-electron chi connectivity index (χ0n) is 14.9. The minimum Gasteiger partial charge on any atom is -0.444 e. The molecule has 0 spiro atoms. The highest BCUT2D eigenvalue weighted by Gasteiger charge is 2.27. The van der Waals surface area contributed by atoms with Crippen LogP contribution in [0.25, 0.3) is 0 Å². The molecule has 0 saturated heterocycles. The second-order valence-electron chi connectivity index (χ2n) is 7.26. The first-order chi connectivity index (χ1) is 10.4. The molecule has 22 heavy (non-hydrogen) atoms. The first-order valence-corrected chi connectivity index (χ1v) is 8.57. The molecule has 3 atom stereocenters. The fourth-order valence-electron chi connectivity index (χ4n) is 2.99. The lowest BCUT2D eigenvalue weighted by atomic mass is 9.84. The molecule has 0 radical (unpaired) electrons. The molecule has 0 aromatic heterocycles. The second-order valence-corrected chi connectivity index (χ2v) is 7.26. The van der Waals surface area contributed by atoms with E-state index < -0.39 is 5.60 Å². The predicted molar refractivity (Wildman–Crippen MR) is 89.1 cm³/mol. The molecule has 0 bridgehead atoms. The lowest BCUT2D eigenvalue weighted by Crippen LogP contribution is -2.49. The van der Waals surface area contributed by atoms with E-state index in [0.29, 0.717) is 24.5 Å². The molecule has 3 unspecified atom stereocenters. The van der Waals surface area contributed by atoms with E-state index >= 15 is 0 Å². The second kappa shape index (κ2) is 9.36. The van der Waals surface area contributed by atoms with Crippen molar-refractivity contribution in [1.82, 2.24) is 10.6 Å². The van der Waals surface area contributed by atoms with Crippen LogP contribution in [0.2, 0.25) is 0 Å². The molecule has 5 heteroatoms. The highest BCUT2D eigenvalue weighted by atomic mass is 16.6. The Morgan fingerprint density at radius 1 is 1.27 bits per heavy atom. The average molecular weight is 314 g/mol. The number of nitrogens with one attached hydrogen (secondary N) is 2. The topological polar surface area (TPSA) is 59.6 Å². The molecule has 0 aromatic carbocycles. The Bertz CT molecular complexity index is 328. The first-order valence-electron chi connectivity index (χ1n) is 8.57. The monoisotopic (exact) mass is 314 g/mol. The van der Waals surface area contributed by atoms with Crippen molar-refractivity contribution in [1.29, 1.82) is 0 Å². The number of methoxy groups -OCH3 is 1. The molecule has 0 heterocycles. The maximum atomic E-state index is 11.8. The van der Waals surface area contributed by atoms with Crippen LogP contribution in [0.1, 0.15) is 59.8 Å². The minimum atomic E-state index is -0.444. The van der Waals surface area contributed by atoms with E-state index in [4.69, 9.17) is 9.47 Å². The fourth-order valence-corrected chi connectivity index (χ4v) is 2.99. The molecule has 1 fully saturated rings. The van der Waals surface area contributed by atoms with Crippen LogP contribution in [0, 0.1) is 5.92 Å². The average Bonchev–Trinajstić information content (AvgIpc) is 2.44. The van der Waals surface area contributed by atoms with Crippen molar-refractivity contribution < 1.29 is 14.3 Å². The SMILES string of the molecule is CCC(COC)NC1CCCCC1CNC(=O)OC(C)(C)C. The van der Waals surface area contributed by atoms with E-state index in [0.717, 1.165) is 19.4 Å². The van der Waals surface area contributed by atoms with E-state index in [2.05, 4.69) is 17.6 Å². The van der Waals surface area contributed by atoms with Crippen LogP contribution < -0.4 is 10.6 Å². The van der Waals surface area contributed by atoms with Gasteiger partial charge in [0.1, 0.15) is 5.60 Å². The molecule has 1 amide bonds. The molecule has 1 aliphatic carbocycles. The summed E-state index contributed by atoms with van der Waals surface area (Å²) < 4.78 is 10.6. The van der Waals surface area contributed by atoms with Crippen molar-refractivity contribution in [3.63, 3.8) is 0 Å². The largest absolute Gasteiger partial charge is 0.444 e. The first kappa shape index (κ1) is 19.2.